The molecule has 1 aliphatic rings. The van der Waals surface area contributed by atoms with Gasteiger partial charge in [0.15, 0.2) is 9.84 Å². The molecule has 1 atom stereocenters. The molecule has 0 bridgehead atoms. The molecule has 5 nitrogen and oxygen atoms in total. The van der Waals surface area contributed by atoms with Crippen molar-refractivity contribution in [3.8, 4) is 0 Å². The maximum Gasteiger partial charge on any atom is 0.150 e. The topological polar surface area (TPSA) is 64.8 Å². The van der Waals surface area contributed by atoms with Crippen LogP contribution in [0, 0.1) is 11.3 Å². The molecule has 0 saturated carbocycles. The van der Waals surface area contributed by atoms with Gasteiger partial charge in [-0.05, 0) is 19.3 Å². The lowest BCUT2D eigenvalue weighted by atomic mass is 9.75. The van der Waals surface area contributed by atoms with Crippen molar-refractivity contribution in [2.75, 3.05) is 23.3 Å². The average Bonchev–Trinajstić information content (AvgIpc) is 3.02. The quantitative estimate of drug-likeness (QED) is 0.740. The van der Waals surface area contributed by atoms with Crippen molar-refractivity contribution in [3.63, 3.8) is 0 Å². The average molecular weight is 340 g/mol. The summed E-state index contributed by atoms with van der Waals surface area (Å²) >= 11 is 12.3. The highest BCUT2D eigenvalue weighted by Gasteiger charge is 2.44. The molecular weight excluding hydrogens is 321 g/mol. The highest BCUT2D eigenvalue weighted by Crippen LogP contribution is 2.40. The molecule has 1 aromatic heterocycles. The fourth-order valence-corrected chi connectivity index (χ4v) is 5.63. The predicted octanol–water partition coefficient (Wildman–Crippen LogP) is 1.74. The summed E-state index contributed by atoms with van der Waals surface area (Å²) in [5, 5.41) is 4.14. The Kier molecular flexibility index (Phi) is 4.97. The molecule has 114 valence electrons. The summed E-state index contributed by atoms with van der Waals surface area (Å²) in [5.41, 5.74) is -0.438. The molecule has 2 heterocycles. The lowest BCUT2D eigenvalue weighted by Gasteiger charge is -2.34. The zero-order valence-corrected chi connectivity index (χ0v) is 13.8. The van der Waals surface area contributed by atoms with Crippen molar-refractivity contribution in [1.29, 1.82) is 0 Å². The van der Waals surface area contributed by atoms with Crippen molar-refractivity contribution in [2.24, 2.45) is 11.3 Å². The zero-order valence-electron chi connectivity index (χ0n) is 11.4. The number of aromatic nitrogens is 3. The van der Waals surface area contributed by atoms with Crippen LogP contribution in [0.4, 0.5) is 0 Å². The highest BCUT2D eigenvalue weighted by atomic mass is 35.5. The van der Waals surface area contributed by atoms with E-state index in [9.17, 15) is 8.42 Å². The first-order chi connectivity index (χ1) is 9.46. The van der Waals surface area contributed by atoms with Gasteiger partial charge in [0.25, 0.3) is 0 Å². The van der Waals surface area contributed by atoms with E-state index >= 15 is 0 Å². The van der Waals surface area contributed by atoms with Crippen molar-refractivity contribution in [3.05, 3.63) is 12.2 Å². The van der Waals surface area contributed by atoms with Crippen molar-refractivity contribution < 1.29 is 8.42 Å². The van der Waals surface area contributed by atoms with Gasteiger partial charge < -0.3 is 0 Å². The molecule has 2 rings (SSSR count). The Morgan fingerprint density at radius 3 is 2.65 bits per heavy atom. The fourth-order valence-electron chi connectivity index (χ4n) is 2.77. The Morgan fingerprint density at radius 1 is 1.45 bits per heavy atom. The SMILES string of the molecule is CCn1ncnc1CC(CCl)(CCl)C1CCS(=O)(=O)C1. The molecule has 0 spiro atoms. The number of sulfone groups is 1. The third kappa shape index (κ3) is 3.12. The summed E-state index contributed by atoms with van der Waals surface area (Å²) in [6.45, 7) is 2.71. The maximum absolute atomic E-state index is 11.7. The third-order valence-electron chi connectivity index (χ3n) is 4.14. The van der Waals surface area contributed by atoms with Crippen molar-refractivity contribution in [1.82, 2.24) is 14.8 Å². The van der Waals surface area contributed by atoms with Gasteiger partial charge >= 0.3 is 0 Å². The minimum absolute atomic E-state index is 0.00972. The van der Waals surface area contributed by atoms with E-state index in [2.05, 4.69) is 10.1 Å². The molecule has 8 heteroatoms. The summed E-state index contributed by atoms with van der Waals surface area (Å²) in [7, 11) is -2.95. The monoisotopic (exact) mass is 339 g/mol. The van der Waals surface area contributed by atoms with Gasteiger partial charge in [-0.15, -0.1) is 23.2 Å². The van der Waals surface area contributed by atoms with Gasteiger partial charge in [-0.2, -0.15) is 5.10 Å². The highest BCUT2D eigenvalue weighted by molar-refractivity contribution is 7.91. The second-order valence-corrected chi connectivity index (χ2v) is 8.16. The first-order valence-electron chi connectivity index (χ1n) is 6.65. The Balaban J connectivity index is 2.26. The number of hydrogen-bond donors (Lipinski definition) is 0. The molecular formula is C12H19Cl2N3O2S. The molecule has 1 fully saturated rings. The van der Waals surface area contributed by atoms with Gasteiger partial charge in [-0.1, -0.05) is 0 Å². The van der Waals surface area contributed by atoms with Gasteiger partial charge in [0, 0.05) is 30.1 Å². The van der Waals surface area contributed by atoms with E-state index in [-0.39, 0.29) is 17.4 Å². The smallest absolute Gasteiger partial charge is 0.150 e. The van der Waals surface area contributed by atoms with E-state index in [4.69, 9.17) is 23.2 Å². The summed E-state index contributed by atoms with van der Waals surface area (Å²) in [5.74, 6) is 1.86. The molecule has 0 amide bonds. The molecule has 20 heavy (non-hydrogen) atoms. The molecule has 0 N–H and O–H groups in total. The molecule has 1 aromatic rings. The largest absolute Gasteiger partial charge is 0.250 e. The maximum atomic E-state index is 11.7. The zero-order chi connectivity index (χ0) is 14.8. The van der Waals surface area contributed by atoms with Crippen LogP contribution in [0.15, 0.2) is 6.33 Å². The van der Waals surface area contributed by atoms with Crippen LogP contribution in [-0.2, 0) is 22.8 Å². The molecule has 1 saturated heterocycles. The Morgan fingerprint density at radius 2 is 2.15 bits per heavy atom. The van der Waals surface area contributed by atoms with Crippen LogP contribution in [0.1, 0.15) is 19.2 Å². The minimum atomic E-state index is -2.95. The van der Waals surface area contributed by atoms with Crippen LogP contribution in [0.5, 0.6) is 0 Å². The summed E-state index contributed by atoms with van der Waals surface area (Å²) in [6.07, 6.45) is 2.70. The fraction of sp³-hybridized carbons (Fsp3) is 0.833. The second kappa shape index (κ2) is 6.20. The first-order valence-corrected chi connectivity index (χ1v) is 9.54. The van der Waals surface area contributed by atoms with Crippen LogP contribution >= 0.6 is 23.2 Å². The van der Waals surface area contributed by atoms with Crippen LogP contribution in [0.2, 0.25) is 0 Å². The van der Waals surface area contributed by atoms with Gasteiger partial charge in [0.1, 0.15) is 12.2 Å². The Hall–Kier alpha value is -0.330. The third-order valence-corrected chi connectivity index (χ3v) is 6.97. The Bertz CT molecular complexity index is 555. The minimum Gasteiger partial charge on any atom is -0.250 e. The molecule has 0 aromatic carbocycles. The number of aryl methyl sites for hydroxylation is 1. The van der Waals surface area contributed by atoms with Crippen LogP contribution < -0.4 is 0 Å². The van der Waals surface area contributed by atoms with E-state index in [1.54, 1.807) is 4.68 Å². The van der Waals surface area contributed by atoms with E-state index in [1.807, 2.05) is 6.92 Å². The van der Waals surface area contributed by atoms with E-state index in [0.29, 0.717) is 24.6 Å². The van der Waals surface area contributed by atoms with Gasteiger partial charge in [-0.25, -0.2) is 13.4 Å². The number of hydrogen-bond acceptors (Lipinski definition) is 4. The Labute approximate surface area is 129 Å². The second-order valence-electron chi connectivity index (χ2n) is 5.40. The number of rotatable bonds is 6. The van der Waals surface area contributed by atoms with Gasteiger partial charge in [0.2, 0.25) is 0 Å². The summed E-state index contributed by atoms with van der Waals surface area (Å²) in [4.78, 5) is 4.26. The number of nitrogens with zero attached hydrogens (tertiary/aromatic N) is 3. The molecule has 0 radical (unpaired) electrons. The van der Waals surface area contributed by atoms with Crippen molar-refractivity contribution in [2.45, 2.75) is 26.3 Å². The molecule has 0 aliphatic carbocycles. The lowest BCUT2D eigenvalue weighted by Crippen LogP contribution is -2.38. The van der Waals surface area contributed by atoms with E-state index < -0.39 is 15.3 Å². The summed E-state index contributed by atoms with van der Waals surface area (Å²) in [6, 6.07) is 0. The van der Waals surface area contributed by atoms with Gasteiger partial charge in [0.05, 0.1) is 11.5 Å². The van der Waals surface area contributed by atoms with Crippen molar-refractivity contribution >= 4 is 33.0 Å². The molecule has 1 aliphatic heterocycles. The number of halogens is 2. The van der Waals surface area contributed by atoms with E-state index in [0.717, 1.165) is 12.4 Å². The van der Waals surface area contributed by atoms with Crippen LogP contribution in [0.25, 0.3) is 0 Å². The lowest BCUT2D eigenvalue weighted by molar-refractivity contribution is 0.236. The van der Waals surface area contributed by atoms with E-state index in [1.165, 1.54) is 6.33 Å². The van der Waals surface area contributed by atoms with Crippen LogP contribution in [0.3, 0.4) is 0 Å². The van der Waals surface area contributed by atoms with Crippen LogP contribution in [-0.4, -0.2) is 46.4 Å². The first kappa shape index (κ1) is 16.0. The standard InChI is InChI=1S/C12H19Cl2N3O2S/c1-2-17-11(15-9-16-17)5-12(7-13,8-14)10-3-4-20(18,19)6-10/h9-10H,2-8H2,1H3. The van der Waals surface area contributed by atoms with Gasteiger partial charge in [-0.3, -0.25) is 4.68 Å². The molecule has 1 unspecified atom stereocenters. The number of alkyl halides is 2. The predicted molar refractivity (Wildman–Crippen MR) is 80.0 cm³/mol. The normalized spacial score (nSPS) is 22.2. The summed E-state index contributed by atoms with van der Waals surface area (Å²) < 4.78 is 25.3.